The molecule has 1 unspecified atom stereocenters. The van der Waals surface area contributed by atoms with Crippen LogP contribution < -0.4 is 5.73 Å². The van der Waals surface area contributed by atoms with E-state index in [2.05, 4.69) is 31.2 Å². The van der Waals surface area contributed by atoms with Crippen molar-refractivity contribution in [2.75, 3.05) is 6.54 Å². The summed E-state index contributed by atoms with van der Waals surface area (Å²) in [5, 5.41) is 0. The number of carbonyl (C=O) groups excluding carboxylic acids is 1. The van der Waals surface area contributed by atoms with Crippen molar-refractivity contribution in [3.8, 4) is 0 Å². The predicted molar refractivity (Wildman–Crippen MR) is 66.4 cm³/mol. The summed E-state index contributed by atoms with van der Waals surface area (Å²) in [6.07, 6.45) is 0.782. The Labute approximate surface area is 102 Å². The fourth-order valence-corrected chi connectivity index (χ4v) is 1.83. The first-order valence-corrected chi connectivity index (χ1v) is 5.27. The molecule has 0 aliphatic carbocycles. The number of aryl methyl sites for hydroxylation is 1. The minimum absolute atomic E-state index is 0. The lowest BCUT2D eigenvalue weighted by Gasteiger charge is -2.15. The summed E-state index contributed by atoms with van der Waals surface area (Å²) in [5.41, 5.74) is 8.06. The first-order valence-electron chi connectivity index (χ1n) is 5.27. The fourth-order valence-electron chi connectivity index (χ4n) is 1.83. The molecule has 1 fully saturated rings. The Balaban J connectivity index is 0.00000128. The number of nitrogens with two attached hydrogens (primary N) is 1. The summed E-state index contributed by atoms with van der Waals surface area (Å²) in [6, 6.07) is 7.97. The third-order valence-corrected chi connectivity index (χ3v) is 2.83. The van der Waals surface area contributed by atoms with Crippen LogP contribution in [0.4, 0.5) is 0 Å². The predicted octanol–water partition coefficient (Wildman–Crippen LogP) is 1.48. The van der Waals surface area contributed by atoms with E-state index in [9.17, 15) is 4.79 Å². The van der Waals surface area contributed by atoms with E-state index < -0.39 is 0 Å². The van der Waals surface area contributed by atoms with E-state index in [1.54, 1.807) is 0 Å². The van der Waals surface area contributed by atoms with Crippen molar-refractivity contribution >= 4 is 18.3 Å². The molecule has 3 nitrogen and oxygen atoms in total. The van der Waals surface area contributed by atoms with Crippen molar-refractivity contribution in [2.45, 2.75) is 25.9 Å². The maximum Gasteiger partial charge on any atom is 0.239 e. The Morgan fingerprint density at radius 1 is 1.38 bits per heavy atom. The maximum atomic E-state index is 11.6. The molecule has 1 aliphatic heterocycles. The molecule has 0 saturated carbocycles. The van der Waals surface area contributed by atoms with Gasteiger partial charge in [-0.25, -0.2) is 0 Å². The minimum Gasteiger partial charge on any atom is -0.337 e. The Bertz CT molecular complexity index is 364. The van der Waals surface area contributed by atoms with E-state index in [-0.39, 0.29) is 24.4 Å². The average Bonchev–Trinajstić information content (AvgIpc) is 2.53. The molecule has 4 heteroatoms. The monoisotopic (exact) mass is 240 g/mol. The van der Waals surface area contributed by atoms with Crippen LogP contribution in [0.25, 0.3) is 0 Å². The summed E-state index contributed by atoms with van der Waals surface area (Å²) < 4.78 is 0. The standard InChI is InChI=1S/C12H16N2O.ClH/c1-9-2-4-10(5-3-9)8-14-7-6-11(13)12(14)15;/h2-5,11H,6-8,13H2,1H3;1H. The Morgan fingerprint density at radius 3 is 2.50 bits per heavy atom. The van der Waals surface area contributed by atoms with Crippen LogP contribution >= 0.6 is 12.4 Å². The van der Waals surface area contributed by atoms with Gasteiger partial charge in [0.1, 0.15) is 0 Å². The second-order valence-electron chi connectivity index (χ2n) is 4.14. The maximum absolute atomic E-state index is 11.6. The highest BCUT2D eigenvalue weighted by molar-refractivity contribution is 5.85. The molecule has 1 atom stereocenters. The first kappa shape index (κ1) is 13.0. The average molecular weight is 241 g/mol. The van der Waals surface area contributed by atoms with E-state index in [4.69, 9.17) is 5.73 Å². The Kier molecular flexibility index (Phi) is 4.33. The lowest BCUT2D eigenvalue weighted by molar-refractivity contribution is -0.129. The highest BCUT2D eigenvalue weighted by atomic mass is 35.5. The molecule has 1 aliphatic rings. The third-order valence-electron chi connectivity index (χ3n) is 2.83. The van der Waals surface area contributed by atoms with Crippen molar-refractivity contribution in [2.24, 2.45) is 5.73 Å². The number of hydrogen-bond donors (Lipinski definition) is 1. The molecule has 2 rings (SSSR count). The first-order chi connectivity index (χ1) is 7.16. The number of benzene rings is 1. The van der Waals surface area contributed by atoms with Crippen molar-refractivity contribution < 1.29 is 4.79 Å². The van der Waals surface area contributed by atoms with Gasteiger partial charge in [-0.15, -0.1) is 12.4 Å². The molecule has 1 amide bonds. The summed E-state index contributed by atoms with van der Waals surface area (Å²) in [4.78, 5) is 13.4. The van der Waals surface area contributed by atoms with Crippen LogP contribution in [0, 0.1) is 6.92 Å². The van der Waals surface area contributed by atoms with Crippen molar-refractivity contribution in [1.29, 1.82) is 0 Å². The molecule has 1 saturated heterocycles. The van der Waals surface area contributed by atoms with E-state index in [1.165, 1.54) is 11.1 Å². The molecular weight excluding hydrogens is 224 g/mol. The van der Waals surface area contributed by atoms with Gasteiger partial charge in [0.15, 0.2) is 0 Å². The third kappa shape index (κ3) is 2.74. The van der Waals surface area contributed by atoms with Crippen molar-refractivity contribution in [3.05, 3.63) is 35.4 Å². The molecule has 1 heterocycles. The number of carbonyl (C=O) groups is 1. The van der Waals surface area contributed by atoms with E-state index in [1.807, 2.05) is 4.90 Å². The molecule has 16 heavy (non-hydrogen) atoms. The minimum atomic E-state index is -0.282. The second-order valence-corrected chi connectivity index (χ2v) is 4.14. The molecule has 0 radical (unpaired) electrons. The normalized spacial score (nSPS) is 19.8. The number of halogens is 1. The van der Waals surface area contributed by atoms with Gasteiger partial charge in [0.05, 0.1) is 6.04 Å². The number of nitrogens with zero attached hydrogens (tertiary/aromatic N) is 1. The molecule has 1 aromatic rings. The SMILES string of the molecule is Cc1ccc(CN2CCC(N)C2=O)cc1.Cl. The number of amides is 1. The number of hydrogen-bond acceptors (Lipinski definition) is 2. The summed E-state index contributed by atoms with van der Waals surface area (Å²) in [6.45, 7) is 3.53. The summed E-state index contributed by atoms with van der Waals surface area (Å²) >= 11 is 0. The molecule has 1 aromatic carbocycles. The van der Waals surface area contributed by atoms with Gasteiger partial charge >= 0.3 is 0 Å². The molecule has 88 valence electrons. The van der Waals surface area contributed by atoms with Crippen molar-refractivity contribution in [1.82, 2.24) is 4.90 Å². The highest BCUT2D eigenvalue weighted by Crippen LogP contribution is 2.14. The van der Waals surface area contributed by atoms with Crippen LogP contribution in [0.2, 0.25) is 0 Å². The lowest BCUT2D eigenvalue weighted by Crippen LogP contribution is -2.33. The number of rotatable bonds is 2. The molecule has 0 bridgehead atoms. The van der Waals surface area contributed by atoms with Gasteiger partial charge in [-0.1, -0.05) is 29.8 Å². The molecule has 2 N–H and O–H groups in total. The van der Waals surface area contributed by atoms with Crippen LogP contribution in [-0.2, 0) is 11.3 Å². The van der Waals surface area contributed by atoms with E-state index in [0.717, 1.165) is 13.0 Å². The van der Waals surface area contributed by atoms with Gasteiger partial charge in [-0.05, 0) is 18.9 Å². The van der Waals surface area contributed by atoms with E-state index in [0.29, 0.717) is 6.54 Å². The quantitative estimate of drug-likeness (QED) is 0.851. The summed E-state index contributed by atoms with van der Waals surface area (Å²) in [7, 11) is 0. The van der Waals surface area contributed by atoms with Gasteiger partial charge in [0, 0.05) is 13.1 Å². The summed E-state index contributed by atoms with van der Waals surface area (Å²) in [5.74, 6) is 0.0792. The van der Waals surface area contributed by atoms with Gasteiger partial charge in [-0.2, -0.15) is 0 Å². The van der Waals surface area contributed by atoms with Crippen LogP contribution in [0.5, 0.6) is 0 Å². The topological polar surface area (TPSA) is 46.3 Å². The van der Waals surface area contributed by atoms with Crippen LogP contribution in [0.3, 0.4) is 0 Å². The van der Waals surface area contributed by atoms with Crippen LogP contribution in [-0.4, -0.2) is 23.4 Å². The van der Waals surface area contributed by atoms with Crippen molar-refractivity contribution in [3.63, 3.8) is 0 Å². The van der Waals surface area contributed by atoms with Gasteiger partial charge < -0.3 is 10.6 Å². The lowest BCUT2D eigenvalue weighted by atomic mass is 10.1. The largest absolute Gasteiger partial charge is 0.337 e. The van der Waals surface area contributed by atoms with Crippen LogP contribution in [0.15, 0.2) is 24.3 Å². The zero-order valence-electron chi connectivity index (χ0n) is 9.35. The smallest absolute Gasteiger partial charge is 0.239 e. The molecular formula is C12H17ClN2O. The zero-order valence-corrected chi connectivity index (χ0v) is 10.2. The fraction of sp³-hybridized carbons (Fsp3) is 0.417. The molecule has 0 aromatic heterocycles. The van der Waals surface area contributed by atoms with Gasteiger partial charge in [0.2, 0.25) is 5.91 Å². The van der Waals surface area contributed by atoms with Gasteiger partial charge in [-0.3, -0.25) is 4.79 Å². The van der Waals surface area contributed by atoms with Crippen LogP contribution in [0.1, 0.15) is 17.5 Å². The Hall–Kier alpha value is -1.06. The highest BCUT2D eigenvalue weighted by Gasteiger charge is 2.27. The number of likely N-dealkylation sites (tertiary alicyclic amines) is 1. The van der Waals surface area contributed by atoms with Gasteiger partial charge in [0.25, 0.3) is 0 Å². The zero-order chi connectivity index (χ0) is 10.8. The van der Waals surface area contributed by atoms with E-state index >= 15 is 0 Å². The Morgan fingerprint density at radius 2 is 2.00 bits per heavy atom. The second kappa shape index (κ2) is 5.32. The molecule has 0 spiro atoms.